The molecule has 2 rings (SSSR count). The fourth-order valence-electron chi connectivity index (χ4n) is 1.50. The molecule has 7 heteroatoms. The number of benzene rings is 1. The number of hydrogen-bond acceptors (Lipinski definition) is 3. The quantitative estimate of drug-likeness (QED) is 0.796. The number of carbonyl (C=O) groups is 1. The second kappa shape index (κ2) is 4.77. The summed E-state index contributed by atoms with van der Waals surface area (Å²) in [5.74, 6) is -0.657. The molecule has 1 aromatic heterocycles. The average Bonchev–Trinajstić information content (AvgIpc) is 2.64. The van der Waals surface area contributed by atoms with E-state index in [1.54, 1.807) is 6.92 Å². The van der Waals surface area contributed by atoms with E-state index in [1.165, 1.54) is 18.2 Å². The third-order valence-corrected chi connectivity index (χ3v) is 2.99. The zero-order valence-electron chi connectivity index (χ0n) is 9.42. The molecule has 0 saturated heterocycles. The minimum atomic E-state index is -0.396. The summed E-state index contributed by atoms with van der Waals surface area (Å²) in [7, 11) is 0. The lowest BCUT2D eigenvalue weighted by Gasteiger charge is -2.06. The number of nitrogen functional groups attached to an aromatic ring is 1. The largest absolute Gasteiger partial charge is 0.382 e. The number of aryl methyl sites for hydroxylation is 1. The van der Waals surface area contributed by atoms with Gasteiger partial charge in [0.1, 0.15) is 11.4 Å². The maximum atomic E-state index is 13.0. The van der Waals surface area contributed by atoms with Crippen LogP contribution in [0.5, 0.6) is 0 Å². The van der Waals surface area contributed by atoms with Crippen LogP contribution in [-0.4, -0.2) is 16.1 Å². The number of rotatable bonds is 2. The smallest absolute Gasteiger partial charge is 0.261 e. The molecule has 0 atom stereocenters. The molecule has 0 spiro atoms. The van der Waals surface area contributed by atoms with Crippen molar-refractivity contribution in [1.29, 1.82) is 0 Å². The molecule has 0 radical (unpaired) electrons. The number of halogens is 2. The first-order valence-electron chi connectivity index (χ1n) is 5.06. The molecule has 5 nitrogen and oxygen atoms in total. The highest BCUT2D eigenvalue weighted by Crippen LogP contribution is 2.21. The number of aromatic nitrogens is 2. The fraction of sp³-hybridized carbons (Fsp3) is 0.0909. The maximum absolute atomic E-state index is 13.0. The monoisotopic (exact) mass is 312 g/mol. The second-order valence-electron chi connectivity index (χ2n) is 3.69. The number of carbonyl (C=O) groups excluding carboxylic acids is 1. The van der Waals surface area contributed by atoms with Gasteiger partial charge in [-0.2, -0.15) is 5.10 Å². The van der Waals surface area contributed by atoms with E-state index in [9.17, 15) is 9.18 Å². The van der Waals surface area contributed by atoms with Crippen LogP contribution in [0.4, 0.5) is 15.9 Å². The molecule has 0 fully saturated rings. The van der Waals surface area contributed by atoms with Crippen molar-refractivity contribution in [2.75, 3.05) is 11.1 Å². The Kier molecular flexibility index (Phi) is 3.33. The van der Waals surface area contributed by atoms with Crippen LogP contribution < -0.4 is 11.1 Å². The molecule has 18 heavy (non-hydrogen) atoms. The summed E-state index contributed by atoms with van der Waals surface area (Å²) in [5.41, 5.74) is 6.91. The molecule has 94 valence electrons. The van der Waals surface area contributed by atoms with Crippen LogP contribution in [0.2, 0.25) is 0 Å². The summed E-state index contributed by atoms with van der Waals surface area (Å²) in [6, 6.07) is 4.19. The van der Waals surface area contributed by atoms with Crippen molar-refractivity contribution < 1.29 is 9.18 Å². The number of H-pyrrole nitrogens is 1. The summed E-state index contributed by atoms with van der Waals surface area (Å²) >= 11 is 3.04. The Balaban J connectivity index is 2.24. The first-order chi connectivity index (χ1) is 8.49. The van der Waals surface area contributed by atoms with Crippen molar-refractivity contribution in [3.8, 4) is 0 Å². The number of aromatic amines is 1. The Morgan fingerprint density at radius 3 is 2.83 bits per heavy atom. The molecule has 0 aliphatic carbocycles. The van der Waals surface area contributed by atoms with Gasteiger partial charge in [-0.1, -0.05) is 0 Å². The molecule has 1 amide bonds. The van der Waals surface area contributed by atoms with Crippen LogP contribution in [-0.2, 0) is 0 Å². The van der Waals surface area contributed by atoms with Gasteiger partial charge >= 0.3 is 0 Å². The van der Waals surface area contributed by atoms with Crippen molar-refractivity contribution in [2.45, 2.75) is 6.92 Å². The van der Waals surface area contributed by atoms with Crippen LogP contribution in [0.1, 0.15) is 16.1 Å². The Labute approximate surface area is 111 Å². The van der Waals surface area contributed by atoms with Crippen LogP contribution in [0.25, 0.3) is 0 Å². The van der Waals surface area contributed by atoms with Gasteiger partial charge in [0.05, 0.1) is 4.47 Å². The molecule has 1 heterocycles. The zero-order valence-corrected chi connectivity index (χ0v) is 11.0. The lowest BCUT2D eigenvalue weighted by molar-refractivity contribution is 0.102. The van der Waals surface area contributed by atoms with Crippen molar-refractivity contribution in [3.05, 3.63) is 39.7 Å². The lowest BCUT2D eigenvalue weighted by atomic mass is 10.2. The molecule has 0 bridgehead atoms. The predicted molar refractivity (Wildman–Crippen MR) is 69.8 cm³/mol. The van der Waals surface area contributed by atoms with Crippen molar-refractivity contribution >= 4 is 33.3 Å². The van der Waals surface area contributed by atoms with E-state index in [2.05, 4.69) is 31.4 Å². The van der Waals surface area contributed by atoms with Crippen molar-refractivity contribution in [3.63, 3.8) is 0 Å². The number of nitrogens with zero attached hydrogens (tertiary/aromatic N) is 1. The van der Waals surface area contributed by atoms with Gasteiger partial charge in [0.15, 0.2) is 5.82 Å². The first kappa shape index (κ1) is 12.6. The SMILES string of the molecule is Cc1[nH]nc(N)c1C(=O)Nc1ccc(F)c(Br)c1. The van der Waals surface area contributed by atoms with Gasteiger partial charge in [0, 0.05) is 11.4 Å². The van der Waals surface area contributed by atoms with Gasteiger partial charge in [0.25, 0.3) is 5.91 Å². The van der Waals surface area contributed by atoms with Gasteiger partial charge in [-0.3, -0.25) is 9.89 Å². The number of nitrogens with two attached hydrogens (primary N) is 1. The van der Waals surface area contributed by atoms with Crippen LogP contribution >= 0.6 is 15.9 Å². The Morgan fingerprint density at radius 2 is 2.28 bits per heavy atom. The van der Waals surface area contributed by atoms with E-state index in [0.29, 0.717) is 11.4 Å². The highest BCUT2D eigenvalue weighted by Gasteiger charge is 2.16. The summed E-state index contributed by atoms with van der Waals surface area (Å²) in [4.78, 5) is 12.0. The van der Waals surface area contributed by atoms with Crippen LogP contribution in [0, 0.1) is 12.7 Å². The van der Waals surface area contributed by atoms with Gasteiger partial charge in [-0.05, 0) is 41.1 Å². The summed E-state index contributed by atoms with van der Waals surface area (Å²) in [6.45, 7) is 1.69. The van der Waals surface area contributed by atoms with E-state index in [1.807, 2.05) is 0 Å². The molecular weight excluding hydrogens is 303 g/mol. The fourth-order valence-corrected chi connectivity index (χ4v) is 1.88. The minimum absolute atomic E-state index is 0.131. The molecular formula is C11H10BrFN4O. The number of hydrogen-bond donors (Lipinski definition) is 3. The standard InChI is InChI=1S/C11H10BrFN4O/c1-5-9(10(14)17-16-5)11(18)15-6-2-3-8(13)7(12)4-6/h2-4H,1H3,(H,15,18)(H3,14,16,17). The van der Waals surface area contributed by atoms with Gasteiger partial charge in [-0.15, -0.1) is 0 Å². The highest BCUT2D eigenvalue weighted by atomic mass is 79.9. The van der Waals surface area contributed by atoms with Gasteiger partial charge in [0.2, 0.25) is 0 Å². The third-order valence-electron chi connectivity index (χ3n) is 2.38. The normalized spacial score (nSPS) is 10.4. The first-order valence-corrected chi connectivity index (χ1v) is 5.85. The molecule has 0 aliphatic heterocycles. The lowest BCUT2D eigenvalue weighted by Crippen LogP contribution is -2.14. The summed E-state index contributed by atoms with van der Waals surface area (Å²) in [6.07, 6.45) is 0. The highest BCUT2D eigenvalue weighted by molar-refractivity contribution is 9.10. The van der Waals surface area contributed by atoms with Crippen LogP contribution in [0.15, 0.2) is 22.7 Å². The Hall–Kier alpha value is -1.89. The Morgan fingerprint density at radius 1 is 1.56 bits per heavy atom. The number of anilines is 2. The average molecular weight is 313 g/mol. The predicted octanol–water partition coefficient (Wildman–Crippen LogP) is 2.45. The van der Waals surface area contributed by atoms with E-state index in [4.69, 9.17) is 5.73 Å². The van der Waals surface area contributed by atoms with Crippen molar-refractivity contribution in [2.24, 2.45) is 0 Å². The van der Waals surface area contributed by atoms with E-state index >= 15 is 0 Å². The Bertz CT molecular complexity index is 592. The molecule has 0 saturated carbocycles. The molecule has 2 aromatic rings. The third kappa shape index (κ3) is 2.35. The molecule has 0 unspecified atom stereocenters. The van der Waals surface area contributed by atoms with Crippen molar-refractivity contribution in [1.82, 2.24) is 10.2 Å². The summed E-state index contributed by atoms with van der Waals surface area (Å²) in [5, 5.41) is 8.97. The number of amides is 1. The molecule has 4 N–H and O–H groups in total. The minimum Gasteiger partial charge on any atom is -0.382 e. The molecule has 0 aliphatic rings. The topological polar surface area (TPSA) is 83.8 Å². The van der Waals surface area contributed by atoms with E-state index in [0.717, 1.165) is 0 Å². The van der Waals surface area contributed by atoms with E-state index < -0.39 is 11.7 Å². The van der Waals surface area contributed by atoms with Gasteiger partial charge < -0.3 is 11.1 Å². The van der Waals surface area contributed by atoms with E-state index in [-0.39, 0.29) is 15.9 Å². The maximum Gasteiger partial charge on any atom is 0.261 e. The summed E-state index contributed by atoms with van der Waals surface area (Å²) < 4.78 is 13.3. The zero-order chi connectivity index (χ0) is 13.3. The number of nitrogens with one attached hydrogen (secondary N) is 2. The molecule has 1 aromatic carbocycles. The van der Waals surface area contributed by atoms with Crippen LogP contribution in [0.3, 0.4) is 0 Å². The van der Waals surface area contributed by atoms with Gasteiger partial charge in [-0.25, -0.2) is 4.39 Å². The second-order valence-corrected chi connectivity index (χ2v) is 4.55.